The molecule has 1 aliphatic rings. The Morgan fingerprint density at radius 1 is 1.22 bits per heavy atom. The van der Waals surface area contributed by atoms with Gasteiger partial charge >= 0.3 is 0 Å². The molecule has 3 rings (SSSR count). The minimum absolute atomic E-state index is 0.0603. The van der Waals surface area contributed by atoms with Gasteiger partial charge in [0.05, 0.1) is 11.0 Å². The first-order valence-corrected chi connectivity index (χ1v) is 7.83. The minimum Gasteiger partial charge on any atom is -0.356 e. The summed E-state index contributed by atoms with van der Waals surface area (Å²) in [4.78, 5) is 12.3. The van der Waals surface area contributed by atoms with Crippen LogP contribution < -0.4 is 4.90 Å². The first kappa shape index (κ1) is 16.1. The molecule has 0 radical (unpaired) electrons. The number of ether oxygens (including phenoxy) is 1. The number of hydrogen-bond donors (Lipinski definition) is 0. The van der Waals surface area contributed by atoms with E-state index >= 15 is 0 Å². The summed E-state index contributed by atoms with van der Waals surface area (Å²) in [6, 6.07) is 12.4. The van der Waals surface area contributed by atoms with Crippen molar-refractivity contribution in [2.24, 2.45) is 0 Å². The fourth-order valence-corrected chi connectivity index (χ4v) is 2.94. The van der Waals surface area contributed by atoms with Gasteiger partial charge in [-0.1, -0.05) is 35.3 Å². The average molecular weight is 353 g/mol. The number of anilines is 1. The summed E-state index contributed by atoms with van der Waals surface area (Å²) in [7, 11) is 0. The van der Waals surface area contributed by atoms with Crippen LogP contribution in [-0.4, -0.2) is 24.3 Å². The average Bonchev–Trinajstić information content (AvgIpc) is 2.97. The van der Waals surface area contributed by atoms with Crippen LogP contribution in [0.4, 0.5) is 11.4 Å². The molecule has 2 aromatic carbocycles. The molecule has 1 heterocycles. The van der Waals surface area contributed by atoms with Crippen LogP contribution in [0, 0.1) is 10.1 Å². The van der Waals surface area contributed by atoms with Crippen molar-refractivity contribution in [1.82, 2.24) is 0 Å². The summed E-state index contributed by atoms with van der Waals surface area (Å²) in [5, 5.41) is 11.7. The summed E-state index contributed by atoms with van der Waals surface area (Å²) in [5.74, 6) is 0. The van der Waals surface area contributed by atoms with E-state index in [0.29, 0.717) is 18.3 Å². The molecule has 1 saturated heterocycles. The fourth-order valence-electron chi connectivity index (χ4n) is 2.57. The molecule has 7 heteroatoms. The molecule has 5 nitrogen and oxygen atoms in total. The van der Waals surface area contributed by atoms with E-state index in [1.807, 2.05) is 29.2 Å². The van der Waals surface area contributed by atoms with Crippen molar-refractivity contribution < 1.29 is 9.66 Å². The van der Waals surface area contributed by atoms with Gasteiger partial charge in [0.2, 0.25) is 0 Å². The molecule has 120 valence electrons. The Morgan fingerprint density at radius 3 is 2.61 bits per heavy atom. The van der Waals surface area contributed by atoms with E-state index in [0.717, 1.165) is 17.7 Å². The number of rotatable bonds is 4. The molecule has 0 amide bonds. The smallest absolute Gasteiger partial charge is 0.288 e. The quantitative estimate of drug-likeness (QED) is 0.607. The Morgan fingerprint density at radius 2 is 1.96 bits per heavy atom. The number of hydrogen-bond acceptors (Lipinski definition) is 4. The molecule has 0 bridgehead atoms. The lowest BCUT2D eigenvalue weighted by molar-refractivity contribution is -0.384. The highest BCUT2D eigenvalue weighted by atomic mass is 35.5. The van der Waals surface area contributed by atoms with Crippen LogP contribution in [0.25, 0.3) is 0 Å². The van der Waals surface area contributed by atoms with E-state index in [4.69, 9.17) is 27.9 Å². The highest BCUT2D eigenvalue weighted by molar-refractivity contribution is 6.33. The van der Waals surface area contributed by atoms with Crippen LogP contribution in [-0.2, 0) is 11.2 Å². The lowest BCUT2D eigenvalue weighted by Crippen LogP contribution is -2.22. The number of benzene rings is 2. The zero-order chi connectivity index (χ0) is 16.4. The molecule has 0 aromatic heterocycles. The zero-order valence-corrected chi connectivity index (χ0v) is 13.6. The summed E-state index contributed by atoms with van der Waals surface area (Å²) in [5.41, 5.74) is 1.88. The molecular weight excluding hydrogens is 339 g/mol. The van der Waals surface area contributed by atoms with Crippen LogP contribution in [0.3, 0.4) is 0 Å². The maximum Gasteiger partial charge on any atom is 0.288 e. The second-order valence-corrected chi connectivity index (χ2v) is 6.21. The summed E-state index contributed by atoms with van der Waals surface area (Å²) < 4.78 is 5.79. The van der Waals surface area contributed by atoms with E-state index in [1.165, 1.54) is 6.07 Å². The van der Waals surface area contributed by atoms with Gasteiger partial charge in [-0.15, -0.1) is 0 Å². The van der Waals surface area contributed by atoms with Crippen molar-refractivity contribution in [3.8, 4) is 0 Å². The van der Waals surface area contributed by atoms with Crippen LogP contribution in [0.1, 0.15) is 5.56 Å². The molecule has 1 atom stereocenters. The third-order valence-corrected chi connectivity index (χ3v) is 4.31. The predicted octanol–water partition coefficient (Wildman–Crippen LogP) is 4.31. The third-order valence-electron chi connectivity index (χ3n) is 3.76. The maximum atomic E-state index is 10.8. The monoisotopic (exact) mass is 352 g/mol. The Hall–Kier alpha value is -1.82. The molecule has 0 spiro atoms. The molecule has 0 aliphatic carbocycles. The van der Waals surface area contributed by atoms with E-state index < -0.39 is 4.92 Å². The van der Waals surface area contributed by atoms with Crippen LogP contribution in [0.5, 0.6) is 0 Å². The van der Waals surface area contributed by atoms with Gasteiger partial charge in [0, 0.05) is 29.7 Å². The summed E-state index contributed by atoms with van der Waals surface area (Å²) in [6.07, 6.45) is 0.846. The first-order chi connectivity index (χ1) is 11.0. The van der Waals surface area contributed by atoms with Crippen LogP contribution >= 0.6 is 23.2 Å². The van der Waals surface area contributed by atoms with E-state index in [-0.39, 0.29) is 16.8 Å². The zero-order valence-electron chi connectivity index (χ0n) is 12.1. The number of nitro benzene ring substituents is 1. The minimum atomic E-state index is -0.490. The Labute approximate surface area is 143 Å². The van der Waals surface area contributed by atoms with Crippen molar-refractivity contribution in [2.75, 3.05) is 18.2 Å². The van der Waals surface area contributed by atoms with Gasteiger partial charge in [0.25, 0.3) is 5.69 Å². The number of nitro groups is 1. The van der Waals surface area contributed by atoms with Gasteiger partial charge in [-0.05, 0) is 29.8 Å². The molecule has 23 heavy (non-hydrogen) atoms. The molecule has 1 aliphatic heterocycles. The van der Waals surface area contributed by atoms with Crippen molar-refractivity contribution in [3.63, 3.8) is 0 Å². The lowest BCUT2D eigenvalue weighted by Gasteiger charge is -2.16. The Bertz CT molecular complexity index is 722. The topological polar surface area (TPSA) is 55.6 Å². The van der Waals surface area contributed by atoms with Gasteiger partial charge in [0.1, 0.15) is 11.8 Å². The lowest BCUT2D eigenvalue weighted by atomic mass is 10.1. The molecule has 2 aromatic rings. The second-order valence-electron chi connectivity index (χ2n) is 5.36. The van der Waals surface area contributed by atoms with E-state index in [2.05, 4.69) is 0 Å². The molecule has 0 N–H and O–H groups in total. The standard InChI is InChI=1S/C16H14Cl2N2O3/c17-12-3-1-11(2-4-12)7-14-9-19(10-23-14)13-5-6-16(20(21)22)15(18)8-13/h1-6,8,14H,7,9-10H2. The van der Waals surface area contributed by atoms with Crippen molar-refractivity contribution in [3.05, 3.63) is 68.2 Å². The van der Waals surface area contributed by atoms with Gasteiger partial charge < -0.3 is 9.64 Å². The molecule has 1 unspecified atom stereocenters. The SMILES string of the molecule is O=[N+]([O-])c1ccc(N2COC(Cc3ccc(Cl)cc3)C2)cc1Cl. The molecule has 0 saturated carbocycles. The van der Waals surface area contributed by atoms with E-state index in [1.54, 1.807) is 12.1 Å². The number of nitrogens with zero attached hydrogens (tertiary/aromatic N) is 2. The third kappa shape index (κ3) is 3.75. The van der Waals surface area contributed by atoms with Crippen molar-refractivity contribution >= 4 is 34.6 Å². The van der Waals surface area contributed by atoms with Gasteiger partial charge in [0.15, 0.2) is 0 Å². The van der Waals surface area contributed by atoms with Gasteiger partial charge in [-0.3, -0.25) is 10.1 Å². The Balaban J connectivity index is 1.66. The molecule has 1 fully saturated rings. The van der Waals surface area contributed by atoms with Crippen LogP contribution in [0.2, 0.25) is 10.0 Å². The highest BCUT2D eigenvalue weighted by Crippen LogP contribution is 2.30. The normalized spacial score (nSPS) is 17.5. The second kappa shape index (κ2) is 6.74. The fraction of sp³-hybridized carbons (Fsp3) is 0.250. The maximum absolute atomic E-state index is 10.8. The summed E-state index contributed by atoms with van der Waals surface area (Å²) in [6.45, 7) is 1.14. The largest absolute Gasteiger partial charge is 0.356 e. The van der Waals surface area contributed by atoms with E-state index in [9.17, 15) is 10.1 Å². The van der Waals surface area contributed by atoms with Crippen molar-refractivity contribution in [2.45, 2.75) is 12.5 Å². The summed E-state index contributed by atoms with van der Waals surface area (Å²) >= 11 is 11.8. The Kier molecular flexibility index (Phi) is 4.71. The molecular formula is C16H14Cl2N2O3. The predicted molar refractivity (Wildman–Crippen MR) is 90.3 cm³/mol. The number of halogens is 2. The van der Waals surface area contributed by atoms with Crippen LogP contribution in [0.15, 0.2) is 42.5 Å². The van der Waals surface area contributed by atoms with Gasteiger partial charge in [-0.2, -0.15) is 0 Å². The van der Waals surface area contributed by atoms with Crippen molar-refractivity contribution in [1.29, 1.82) is 0 Å². The first-order valence-electron chi connectivity index (χ1n) is 7.08. The van der Waals surface area contributed by atoms with Gasteiger partial charge in [-0.25, -0.2) is 0 Å². The highest BCUT2D eigenvalue weighted by Gasteiger charge is 2.25.